The molecule has 1 heterocycles. The lowest BCUT2D eigenvalue weighted by Crippen LogP contribution is -2.27. The van der Waals surface area contributed by atoms with Gasteiger partial charge in [-0.25, -0.2) is 0 Å². The number of rotatable bonds is 7. The van der Waals surface area contributed by atoms with Gasteiger partial charge in [-0.05, 0) is 78.2 Å². The highest BCUT2D eigenvalue weighted by Gasteiger charge is 2.35. The second-order valence-electron chi connectivity index (χ2n) is 8.20. The molecule has 3 aromatic rings. The third kappa shape index (κ3) is 6.10. The van der Waals surface area contributed by atoms with E-state index in [1.807, 2.05) is 32.0 Å². The van der Waals surface area contributed by atoms with Gasteiger partial charge in [0, 0.05) is 10.7 Å². The van der Waals surface area contributed by atoms with Crippen LogP contribution in [-0.2, 0) is 16.1 Å². The minimum absolute atomic E-state index is 0.0966. The van der Waals surface area contributed by atoms with E-state index in [-0.39, 0.29) is 34.2 Å². The molecule has 184 valence electrons. The van der Waals surface area contributed by atoms with Crippen LogP contribution >= 0.6 is 35.0 Å². The Morgan fingerprint density at radius 2 is 1.81 bits per heavy atom. The smallest absolute Gasteiger partial charge is 0.293 e. The second kappa shape index (κ2) is 11.2. The summed E-state index contributed by atoms with van der Waals surface area (Å²) in [6.45, 7) is 3.75. The molecule has 1 N–H and O–H groups in total. The molecule has 3 aromatic carbocycles. The number of hydrogen-bond acceptors (Lipinski definition) is 5. The summed E-state index contributed by atoms with van der Waals surface area (Å²) in [5.41, 5.74) is 4.03. The molecule has 0 spiro atoms. The molecule has 1 fully saturated rings. The Hall–Kier alpha value is -3.26. The molecule has 0 saturated carbocycles. The van der Waals surface area contributed by atoms with Crippen LogP contribution in [0.2, 0.25) is 10.0 Å². The second-order valence-corrected chi connectivity index (χ2v) is 10.0. The molecule has 0 unspecified atom stereocenters. The van der Waals surface area contributed by atoms with E-state index in [9.17, 15) is 14.4 Å². The largest absolute Gasteiger partial charge is 0.482 e. The number of ether oxygens (including phenoxy) is 1. The maximum Gasteiger partial charge on any atom is 0.293 e. The molecule has 0 bridgehead atoms. The Balaban J connectivity index is 1.40. The number of carbonyl (C=O) groups is 3. The quantitative estimate of drug-likeness (QED) is 0.331. The minimum atomic E-state index is -0.399. The summed E-state index contributed by atoms with van der Waals surface area (Å²) in [5.74, 6) is -0.378. The van der Waals surface area contributed by atoms with Crippen molar-refractivity contribution in [2.45, 2.75) is 20.4 Å². The molecule has 36 heavy (non-hydrogen) atoms. The Morgan fingerprint density at radius 3 is 2.56 bits per heavy atom. The van der Waals surface area contributed by atoms with Crippen molar-refractivity contribution in [2.24, 2.45) is 0 Å². The fraction of sp³-hybridized carbons (Fsp3) is 0.148. The summed E-state index contributed by atoms with van der Waals surface area (Å²) in [4.78, 5) is 39.0. The Labute approximate surface area is 223 Å². The van der Waals surface area contributed by atoms with Gasteiger partial charge in [0.15, 0.2) is 6.61 Å². The van der Waals surface area contributed by atoms with Crippen molar-refractivity contribution < 1.29 is 19.1 Å². The van der Waals surface area contributed by atoms with Gasteiger partial charge in [-0.15, -0.1) is 0 Å². The van der Waals surface area contributed by atoms with Crippen LogP contribution < -0.4 is 10.1 Å². The molecular formula is C27H22Cl2N2O4S. The van der Waals surface area contributed by atoms with Crippen molar-refractivity contribution >= 4 is 63.8 Å². The first kappa shape index (κ1) is 25.8. The molecule has 3 amide bonds. The fourth-order valence-electron chi connectivity index (χ4n) is 3.51. The maximum atomic E-state index is 12.8. The molecule has 9 heteroatoms. The molecule has 6 nitrogen and oxygen atoms in total. The third-order valence-corrected chi connectivity index (χ3v) is 7.01. The summed E-state index contributed by atoms with van der Waals surface area (Å²) in [6.07, 6.45) is 1.60. The average molecular weight is 541 g/mol. The highest BCUT2D eigenvalue weighted by Crippen LogP contribution is 2.35. The lowest BCUT2D eigenvalue weighted by atomic mass is 10.1. The van der Waals surface area contributed by atoms with E-state index in [1.165, 1.54) is 0 Å². The van der Waals surface area contributed by atoms with Crippen LogP contribution in [0.4, 0.5) is 10.5 Å². The third-order valence-electron chi connectivity index (χ3n) is 5.44. The summed E-state index contributed by atoms with van der Waals surface area (Å²) < 4.78 is 5.59. The molecule has 1 saturated heterocycles. The Bertz CT molecular complexity index is 1390. The zero-order valence-electron chi connectivity index (χ0n) is 19.5. The van der Waals surface area contributed by atoms with Crippen molar-refractivity contribution in [1.29, 1.82) is 0 Å². The van der Waals surface area contributed by atoms with Crippen LogP contribution in [0.15, 0.2) is 65.6 Å². The topological polar surface area (TPSA) is 75.7 Å². The minimum Gasteiger partial charge on any atom is -0.482 e. The molecule has 0 atom stereocenters. The fourth-order valence-corrected chi connectivity index (χ4v) is 4.79. The van der Waals surface area contributed by atoms with Crippen LogP contribution in [0.5, 0.6) is 5.75 Å². The molecular weight excluding hydrogens is 519 g/mol. The average Bonchev–Trinajstić information content (AvgIpc) is 3.09. The van der Waals surface area contributed by atoms with Gasteiger partial charge in [0.05, 0.1) is 16.5 Å². The lowest BCUT2D eigenvalue weighted by Gasteiger charge is -2.13. The van der Waals surface area contributed by atoms with Crippen molar-refractivity contribution in [2.75, 3.05) is 11.9 Å². The first-order valence-corrected chi connectivity index (χ1v) is 12.6. The molecule has 1 aliphatic rings. The number of aryl methyl sites for hydroxylation is 2. The van der Waals surface area contributed by atoms with Crippen molar-refractivity contribution in [3.63, 3.8) is 0 Å². The molecule has 1 aliphatic heterocycles. The normalized spacial score (nSPS) is 14.4. The van der Waals surface area contributed by atoms with Gasteiger partial charge in [-0.2, -0.15) is 0 Å². The number of carbonyl (C=O) groups excluding carboxylic acids is 3. The number of nitrogens with one attached hydrogen (secondary N) is 1. The number of benzene rings is 3. The van der Waals surface area contributed by atoms with Gasteiger partial charge in [-0.1, -0.05) is 59.6 Å². The number of hydrogen-bond donors (Lipinski definition) is 1. The summed E-state index contributed by atoms with van der Waals surface area (Å²) in [7, 11) is 0. The van der Waals surface area contributed by atoms with Crippen molar-refractivity contribution in [3.05, 3.63) is 97.9 Å². The zero-order valence-corrected chi connectivity index (χ0v) is 21.8. The maximum absolute atomic E-state index is 12.8. The zero-order chi connectivity index (χ0) is 25.8. The van der Waals surface area contributed by atoms with Crippen LogP contribution in [0.1, 0.15) is 22.3 Å². The number of halogens is 2. The van der Waals surface area contributed by atoms with Crippen LogP contribution in [-0.4, -0.2) is 28.6 Å². The number of amides is 3. The Morgan fingerprint density at radius 1 is 1.03 bits per heavy atom. The van der Waals surface area contributed by atoms with E-state index < -0.39 is 5.91 Å². The predicted octanol–water partition coefficient (Wildman–Crippen LogP) is 6.86. The number of anilines is 1. The first-order valence-electron chi connectivity index (χ1n) is 11.0. The monoisotopic (exact) mass is 540 g/mol. The summed E-state index contributed by atoms with van der Waals surface area (Å²) in [5, 5.41) is 3.23. The standard InChI is InChI=1S/C27H22Cl2N2O4S/c1-16-7-8-17(2)22(11-16)30-25(32)15-35-23-10-9-18(12-21(23)29)13-24-26(33)31(27(34)36-24)14-19-5-3-4-6-20(19)28/h3-13H,14-15H2,1-2H3,(H,30,32)/b24-13-. The van der Waals surface area contributed by atoms with Gasteiger partial charge >= 0.3 is 0 Å². The van der Waals surface area contributed by atoms with Gasteiger partial charge in [0.25, 0.3) is 17.1 Å². The van der Waals surface area contributed by atoms with Gasteiger partial charge in [0.1, 0.15) is 5.75 Å². The summed E-state index contributed by atoms with van der Waals surface area (Å²) in [6, 6.07) is 17.8. The van der Waals surface area contributed by atoms with E-state index >= 15 is 0 Å². The molecule has 0 aliphatic carbocycles. The lowest BCUT2D eigenvalue weighted by molar-refractivity contribution is -0.123. The molecule has 0 radical (unpaired) electrons. The summed E-state index contributed by atoms with van der Waals surface area (Å²) >= 11 is 13.4. The first-order chi connectivity index (χ1) is 17.2. The van der Waals surface area contributed by atoms with E-state index in [2.05, 4.69) is 5.32 Å². The highest BCUT2D eigenvalue weighted by molar-refractivity contribution is 8.18. The van der Waals surface area contributed by atoms with Crippen molar-refractivity contribution in [1.82, 2.24) is 4.90 Å². The highest BCUT2D eigenvalue weighted by atomic mass is 35.5. The molecule has 0 aromatic heterocycles. The number of imide groups is 1. The van der Waals surface area contributed by atoms with Crippen LogP contribution in [0, 0.1) is 13.8 Å². The van der Waals surface area contributed by atoms with Crippen LogP contribution in [0.25, 0.3) is 6.08 Å². The van der Waals surface area contributed by atoms with E-state index in [1.54, 1.807) is 48.5 Å². The van der Waals surface area contributed by atoms with Gasteiger partial charge in [0.2, 0.25) is 0 Å². The predicted molar refractivity (Wildman–Crippen MR) is 144 cm³/mol. The van der Waals surface area contributed by atoms with E-state index in [0.717, 1.165) is 33.5 Å². The van der Waals surface area contributed by atoms with Crippen molar-refractivity contribution in [3.8, 4) is 5.75 Å². The van der Waals surface area contributed by atoms with Crippen LogP contribution in [0.3, 0.4) is 0 Å². The Kier molecular flexibility index (Phi) is 8.04. The van der Waals surface area contributed by atoms with Gasteiger partial charge < -0.3 is 10.1 Å². The van der Waals surface area contributed by atoms with E-state index in [0.29, 0.717) is 21.9 Å². The SMILES string of the molecule is Cc1ccc(C)c(NC(=O)COc2ccc(/C=C3\SC(=O)N(Cc4ccccc4Cl)C3=O)cc2Cl)c1. The van der Waals surface area contributed by atoms with E-state index in [4.69, 9.17) is 27.9 Å². The molecule has 4 rings (SSSR count). The number of thioether (sulfide) groups is 1. The number of nitrogens with zero attached hydrogens (tertiary/aromatic N) is 1. The van der Waals surface area contributed by atoms with Gasteiger partial charge in [-0.3, -0.25) is 19.3 Å².